The van der Waals surface area contributed by atoms with Gasteiger partial charge < -0.3 is 5.32 Å². The number of aryl methyl sites for hydroxylation is 2. The third-order valence-corrected chi connectivity index (χ3v) is 2.68. The topological polar surface area (TPSA) is 47.7 Å². The highest BCUT2D eigenvalue weighted by atomic mass is 19.3. The first-order valence-corrected chi connectivity index (χ1v) is 5.70. The van der Waals surface area contributed by atoms with E-state index in [0.29, 0.717) is 22.6 Å². The standard InChI is InChI=1S/C11H15F2N5/c1-3-17-9(4-5-15-17)6-14-10-7-18(11(12)13)16-8(10)2/h4-5,7,11,14H,3,6H2,1-2H3. The lowest BCUT2D eigenvalue weighted by Crippen LogP contribution is -2.07. The number of anilines is 1. The summed E-state index contributed by atoms with van der Waals surface area (Å²) in [7, 11) is 0. The van der Waals surface area contributed by atoms with Crippen LogP contribution in [0.15, 0.2) is 18.5 Å². The molecule has 18 heavy (non-hydrogen) atoms. The lowest BCUT2D eigenvalue weighted by molar-refractivity contribution is 0.0563. The van der Waals surface area contributed by atoms with E-state index in [1.54, 1.807) is 13.1 Å². The summed E-state index contributed by atoms with van der Waals surface area (Å²) in [6.07, 6.45) is 3.03. The second-order valence-electron chi connectivity index (χ2n) is 3.88. The van der Waals surface area contributed by atoms with Gasteiger partial charge in [0.05, 0.1) is 29.8 Å². The van der Waals surface area contributed by atoms with Crippen molar-refractivity contribution in [2.45, 2.75) is 33.5 Å². The highest BCUT2D eigenvalue weighted by Gasteiger charge is 2.11. The number of nitrogens with zero attached hydrogens (tertiary/aromatic N) is 4. The molecule has 0 unspecified atom stereocenters. The van der Waals surface area contributed by atoms with Gasteiger partial charge in [-0.05, 0) is 19.9 Å². The zero-order chi connectivity index (χ0) is 13.1. The van der Waals surface area contributed by atoms with Gasteiger partial charge in [0.2, 0.25) is 0 Å². The molecule has 2 heterocycles. The van der Waals surface area contributed by atoms with Crippen LogP contribution in [0.3, 0.4) is 0 Å². The van der Waals surface area contributed by atoms with Crippen LogP contribution >= 0.6 is 0 Å². The van der Waals surface area contributed by atoms with Crippen LogP contribution in [0.2, 0.25) is 0 Å². The van der Waals surface area contributed by atoms with Crippen molar-refractivity contribution < 1.29 is 8.78 Å². The van der Waals surface area contributed by atoms with E-state index in [2.05, 4.69) is 15.5 Å². The number of rotatable bonds is 5. The van der Waals surface area contributed by atoms with Gasteiger partial charge in [0, 0.05) is 12.7 Å². The molecular weight excluding hydrogens is 240 g/mol. The summed E-state index contributed by atoms with van der Waals surface area (Å²) in [4.78, 5) is 0. The molecule has 0 aromatic carbocycles. The lowest BCUT2D eigenvalue weighted by atomic mass is 10.3. The second kappa shape index (κ2) is 5.16. The average Bonchev–Trinajstić information content (AvgIpc) is 2.92. The van der Waals surface area contributed by atoms with Gasteiger partial charge in [-0.3, -0.25) is 4.68 Å². The van der Waals surface area contributed by atoms with E-state index in [1.165, 1.54) is 6.20 Å². The Morgan fingerprint density at radius 2 is 2.22 bits per heavy atom. The third-order valence-electron chi connectivity index (χ3n) is 2.68. The summed E-state index contributed by atoms with van der Waals surface area (Å²) in [5.41, 5.74) is 2.17. The summed E-state index contributed by atoms with van der Waals surface area (Å²) in [5.74, 6) is 0. The van der Waals surface area contributed by atoms with Gasteiger partial charge in [-0.25, -0.2) is 4.68 Å². The van der Waals surface area contributed by atoms with Crippen LogP contribution in [0, 0.1) is 6.92 Å². The normalized spacial score (nSPS) is 11.2. The van der Waals surface area contributed by atoms with Gasteiger partial charge in [0.1, 0.15) is 0 Å². The van der Waals surface area contributed by atoms with Crippen molar-refractivity contribution in [2.75, 3.05) is 5.32 Å². The Morgan fingerprint density at radius 1 is 1.44 bits per heavy atom. The minimum Gasteiger partial charge on any atom is -0.377 e. The van der Waals surface area contributed by atoms with Crippen molar-refractivity contribution in [3.8, 4) is 0 Å². The summed E-state index contributed by atoms with van der Waals surface area (Å²) >= 11 is 0. The first-order chi connectivity index (χ1) is 8.61. The Labute approximate surface area is 103 Å². The molecule has 2 aromatic heterocycles. The maximum Gasteiger partial charge on any atom is 0.333 e. The van der Waals surface area contributed by atoms with Gasteiger partial charge in [-0.1, -0.05) is 0 Å². The molecular formula is C11H15F2N5. The Bertz CT molecular complexity index is 517. The van der Waals surface area contributed by atoms with Crippen molar-refractivity contribution in [1.29, 1.82) is 0 Å². The van der Waals surface area contributed by atoms with Crippen LogP contribution in [-0.2, 0) is 13.1 Å². The zero-order valence-electron chi connectivity index (χ0n) is 10.3. The fraction of sp³-hybridized carbons (Fsp3) is 0.455. The van der Waals surface area contributed by atoms with Crippen LogP contribution in [0.1, 0.15) is 24.9 Å². The fourth-order valence-corrected chi connectivity index (χ4v) is 1.74. The van der Waals surface area contributed by atoms with E-state index >= 15 is 0 Å². The van der Waals surface area contributed by atoms with Crippen molar-refractivity contribution in [3.63, 3.8) is 0 Å². The number of hydrogen-bond acceptors (Lipinski definition) is 3. The zero-order valence-corrected chi connectivity index (χ0v) is 10.3. The molecule has 0 atom stereocenters. The molecule has 98 valence electrons. The molecule has 2 rings (SSSR count). The summed E-state index contributed by atoms with van der Waals surface area (Å²) < 4.78 is 27.4. The Kier molecular flexibility index (Phi) is 3.59. The third kappa shape index (κ3) is 2.49. The van der Waals surface area contributed by atoms with Crippen molar-refractivity contribution >= 4 is 5.69 Å². The van der Waals surface area contributed by atoms with E-state index in [0.717, 1.165) is 12.2 Å². The second-order valence-corrected chi connectivity index (χ2v) is 3.88. The van der Waals surface area contributed by atoms with E-state index in [1.807, 2.05) is 17.7 Å². The molecule has 7 heteroatoms. The van der Waals surface area contributed by atoms with E-state index < -0.39 is 6.55 Å². The van der Waals surface area contributed by atoms with Crippen LogP contribution in [-0.4, -0.2) is 19.6 Å². The molecule has 0 amide bonds. The predicted molar refractivity (Wildman–Crippen MR) is 63.4 cm³/mol. The number of halogens is 2. The first kappa shape index (κ1) is 12.5. The SMILES string of the molecule is CCn1nccc1CNc1cn(C(F)F)nc1C. The number of nitrogens with one attached hydrogen (secondary N) is 1. The molecule has 0 saturated carbocycles. The minimum atomic E-state index is -2.61. The Hall–Kier alpha value is -1.92. The van der Waals surface area contributed by atoms with E-state index in [-0.39, 0.29) is 0 Å². The molecule has 0 aliphatic rings. The van der Waals surface area contributed by atoms with Gasteiger partial charge >= 0.3 is 6.55 Å². The van der Waals surface area contributed by atoms with E-state index in [9.17, 15) is 8.78 Å². The number of alkyl halides is 2. The van der Waals surface area contributed by atoms with Gasteiger partial charge in [-0.15, -0.1) is 0 Å². The maximum absolute atomic E-state index is 12.5. The summed E-state index contributed by atoms with van der Waals surface area (Å²) in [6, 6.07) is 1.89. The molecule has 0 fully saturated rings. The maximum atomic E-state index is 12.5. The highest BCUT2D eigenvalue weighted by Crippen LogP contribution is 2.18. The van der Waals surface area contributed by atoms with Crippen molar-refractivity contribution in [3.05, 3.63) is 29.8 Å². The average molecular weight is 255 g/mol. The number of hydrogen-bond donors (Lipinski definition) is 1. The van der Waals surface area contributed by atoms with Crippen molar-refractivity contribution in [1.82, 2.24) is 19.6 Å². The van der Waals surface area contributed by atoms with Crippen LogP contribution in [0.4, 0.5) is 14.5 Å². The van der Waals surface area contributed by atoms with Gasteiger partial charge in [0.15, 0.2) is 0 Å². The largest absolute Gasteiger partial charge is 0.377 e. The molecule has 0 spiro atoms. The van der Waals surface area contributed by atoms with Crippen LogP contribution in [0.5, 0.6) is 0 Å². The summed E-state index contributed by atoms with van der Waals surface area (Å²) in [6.45, 7) is 2.39. The molecule has 0 bridgehead atoms. The van der Waals surface area contributed by atoms with Crippen LogP contribution < -0.4 is 5.32 Å². The quantitative estimate of drug-likeness (QED) is 0.892. The van der Waals surface area contributed by atoms with Gasteiger partial charge in [-0.2, -0.15) is 19.0 Å². The van der Waals surface area contributed by atoms with Crippen LogP contribution in [0.25, 0.3) is 0 Å². The molecule has 5 nitrogen and oxygen atoms in total. The lowest BCUT2D eigenvalue weighted by Gasteiger charge is -2.06. The molecule has 0 saturated heterocycles. The minimum absolute atomic E-state index is 0.531. The monoisotopic (exact) mass is 255 g/mol. The molecule has 0 aliphatic heterocycles. The van der Waals surface area contributed by atoms with Crippen molar-refractivity contribution in [2.24, 2.45) is 0 Å². The first-order valence-electron chi connectivity index (χ1n) is 5.70. The highest BCUT2D eigenvalue weighted by molar-refractivity contribution is 5.45. The summed E-state index contributed by atoms with van der Waals surface area (Å²) in [5, 5.41) is 11.0. The molecule has 0 aliphatic carbocycles. The molecule has 1 N–H and O–H groups in total. The van der Waals surface area contributed by atoms with E-state index in [4.69, 9.17) is 0 Å². The molecule has 2 aromatic rings. The number of aromatic nitrogens is 4. The fourth-order valence-electron chi connectivity index (χ4n) is 1.74. The molecule has 0 radical (unpaired) electrons. The Morgan fingerprint density at radius 3 is 2.83 bits per heavy atom. The Balaban J connectivity index is 2.06. The predicted octanol–water partition coefficient (Wildman–Crippen LogP) is 2.42. The van der Waals surface area contributed by atoms with Gasteiger partial charge in [0.25, 0.3) is 0 Å². The smallest absolute Gasteiger partial charge is 0.333 e.